The molecule has 1 atom stereocenters. The Balaban J connectivity index is 2.19. The molecule has 0 aliphatic carbocycles. The molecular weight excluding hydrogens is 400 g/mol. The maximum Gasteiger partial charge on any atom is 0.241 e. The molecule has 0 radical (unpaired) electrons. The summed E-state index contributed by atoms with van der Waals surface area (Å²) in [5, 5.41) is 2.96. The summed E-state index contributed by atoms with van der Waals surface area (Å²) in [6, 6.07) is 12.8. The minimum absolute atomic E-state index is 0.216. The summed E-state index contributed by atoms with van der Waals surface area (Å²) < 4.78 is 31.2. The highest BCUT2D eigenvalue weighted by molar-refractivity contribution is 7.92. The van der Waals surface area contributed by atoms with Gasteiger partial charge in [0.15, 0.2) is 0 Å². The Morgan fingerprint density at radius 3 is 2.17 bits per heavy atom. The summed E-state index contributed by atoms with van der Waals surface area (Å²) in [6.45, 7) is 7.79. The number of rotatable bonds is 9. The van der Waals surface area contributed by atoms with Gasteiger partial charge in [0.2, 0.25) is 15.9 Å². The van der Waals surface area contributed by atoms with E-state index in [2.05, 4.69) is 19.2 Å². The van der Waals surface area contributed by atoms with Crippen molar-refractivity contribution in [3.05, 3.63) is 59.2 Å². The van der Waals surface area contributed by atoms with Crippen LogP contribution in [0, 0.1) is 6.92 Å². The van der Waals surface area contributed by atoms with Crippen LogP contribution in [0.1, 0.15) is 55.8 Å². The van der Waals surface area contributed by atoms with Crippen LogP contribution < -0.4 is 14.4 Å². The smallest absolute Gasteiger partial charge is 0.241 e. The van der Waals surface area contributed by atoms with E-state index in [0.717, 1.165) is 33.0 Å². The van der Waals surface area contributed by atoms with Gasteiger partial charge in [-0.3, -0.25) is 9.10 Å². The van der Waals surface area contributed by atoms with Crippen LogP contribution in [-0.2, 0) is 14.8 Å². The van der Waals surface area contributed by atoms with Crippen LogP contribution in [0.4, 0.5) is 5.69 Å². The number of nitrogens with one attached hydrogen (secondary N) is 1. The largest absolute Gasteiger partial charge is 0.496 e. The topological polar surface area (TPSA) is 75.7 Å². The van der Waals surface area contributed by atoms with Gasteiger partial charge in [0.25, 0.3) is 0 Å². The number of ether oxygens (including phenoxy) is 1. The number of anilines is 1. The maximum absolute atomic E-state index is 12.8. The predicted molar refractivity (Wildman–Crippen MR) is 122 cm³/mol. The molecule has 0 aromatic heterocycles. The molecule has 0 saturated carbocycles. The highest BCUT2D eigenvalue weighted by Crippen LogP contribution is 2.25. The first-order valence-electron chi connectivity index (χ1n) is 10.1. The minimum Gasteiger partial charge on any atom is -0.496 e. The highest BCUT2D eigenvalue weighted by atomic mass is 32.2. The van der Waals surface area contributed by atoms with E-state index in [1.54, 1.807) is 19.2 Å². The molecule has 0 bridgehead atoms. The molecule has 0 aliphatic rings. The number of carbonyl (C=O) groups is 1. The molecule has 0 aliphatic heterocycles. The molecule has 30 heavy (non-hydrogen) atoms. The second-order valence-electron chi connectivity index (χ2n) is 7.77. The molecule has 164 valence electrons. The molecule has 1 amide bonds. The Labute approximate surface area is 180 Å². The maximum atomic E-state index is 12.8. The summed E-state index contributed by atoms with van der Waals surface area (Å²) in [7, 11) is -1.99. The van der Waals surface area contributed by atoms with Crippen molar-refractivity contribution in [3.63, 3.8) is 0 Å². The number of aryl methyl sites for hydroxylation is 1. The number of sulfonamides is 1. The van der Waals surface area contributed by atoms with Crippen molar-refractivity contribution in [1.29, 1.82) is 0 Å². The Morgan fingerprint density at radius 2 is 1.70 bits per heavy atom. The van der Waals surface area contributed by atoms with Crippen molar-refractivity contribution >= 4 is 21.6 Å². The van der Waals surface area contributed by atoms with Gasteiger partial charge >= 0.3 is 0 Å². The van der Waals surface area contributed by atoms with Gasteiger partial charge in [-0.25, -0.2) is 8.42 Å². The second kappa shape index (κ2) is 9.98. The molecule has 0 saturated heterocycles. The number of benzene rings is 2. The summed E-state index contributed by atoms with van der Waals surface area (Å²) in [4.78, 5) is 12.8. The van der Waals surface area contributed by atoms with Crippen molar-refractivity contribution in [1.82, 2.24) is 5.32 Å². The lowest BCUT2D eigenvalue weighted by molar-refractivity contribution is -0.120. The first-order chi connectivity index (χ1) is 14.1. The Bertz CT molecular complexity index is 969. The number of methoxy groups -OCH3 is 1. The van der Waals surface area contributed by atoms with Crippen LogP contribution in [0.5, 0.6) is 5.75 Å². The number of hydrogen-bond acceptors (Lipinski definition) is 4. The van der Waals surface area contributed by atoms with Gasteiger partial charge in [-0.1, -0.05) is 45.0 Å². The van der Waals surface area contributed by atoms with E-state index < -0.39 is 10.0 Å². The number of hydrogen-bond donors (Lipinski definition) is 1. The number of carbonyl (C=O) groups excluding carboxylic acids is 1. The molecule has 1 N–H and O–H groups in total. The van der Waals surface area contributed by atoms with Gasteiger partial charge in [-0.2, -0.15) is 0 Å². The average molecular weight is 433 g/mol. The van der Waals surface area contributed by atoms with Crippen LogP contribution in [0.25, 0.3) is 0 Å². The van der Waals surface area contributed by atoms with Crippen molar-refractivity contribution in [2.75, 3.05) is 24.2 Å². The zero-order valence-electron chi connectivity index (χ0n) is 18.6. The van der Waals surface area contributed by atoms with Crippen LogP contribution >= 0.6 is 0 Å². The Kier molecular flexibility index (Phi) is 7.89. The molecule has 2 aromatic carbocycles. The van der Waals surface area contributed by atoms with E-state index in [9.17, 15) is 13.2 Å². The summed E-state index contributed by atoms with van der Waals surface area (Å²) >= 11 is 0. The van der Waals surface area contributed by atoms with Gasteiger partial charge in [0.05, 0.1) is 25.1 Å². The van der Waals surface area contributed by atoms with E-state index in [0.29, 0.717) is 18.0 Å². The molecule has 6 nitrogen and oxygen atoms in total. The first-order valence-corrected chi connectivity index (χ1v) is 11.9. The molecule has 0 fully saturated rings. The van der Waals surface area contributed by atoms with Crippen molar-refractivity contribution in [2.24, 2.45) is 0 Å². The summed E-state index contributed by atoms with van der Waals surface area (Å²) in [5.74, 6) is 0.772. The van der Waals surface area contributed by atoms with E-state index in [4.69, 9.17) is 4.74 Å². The Morgan fingerprint density at radius 1 is 1.10 bits per heavy atom. The SMILES string of the molecule is CC[C@@H](NC(=O)CN(c1ccc(C(C)C)cc1)S(C)(=O)=O)c1ccc(OC)c(C)c1. The molecule has 0 spiro atoms. The predicted octanol–water partition coefficient (Wildman–Crippen LogP) is 4.16. The third-order valence-electron chi connectivity index (χ3n) is 5.10. The van der Waals surface area contributed by atoms with Gasteiger partial charge in [0, 0.05) is 0 Å². The lowest BCUT2D eigenvalue weighted by Crippen LogP contribution is -2.41. The lowest BCUT2D eigenvalue weighted by atomic mass is 10.0. The van der Waals surface area contributed by atoms with E-state index in [-0.39, 0.29) is 18.5 Å². The zero-order chi connectivity index (χ0) is 22.5. The third kappa shape index (κ3) is 5.98. The summed E-state index contributed by atoms with van der Waals surface area (Å²) in [6.07, 6.45) is 1.79. The van der Waals surface area contributed by atoms with E-state index >= 15 is 0 Å². The van der Waals surface area contributed by atoms with Gasteiger partial charge in [0.1, 0.15) is 12.3 Å². The van der Waals surface area contributed by atoms with Gasteiger partial charge in [-0.15, -0.1) is 0 Å². The standard InChI is InChI=1S/C23H32N2O4S/c1-7-21(19-10-13-22(29-5)17(4)14-19)24-23(26)15-25(30(6,27)28)20-11-8-18(9-12-20)16(2)3/h8-14,16,21H,7,15H2,1-6H3,(H,24,26)/t21-/m1/s1. The lowest BCUT2D eigenvalue weighted by Gasteiger charge is -2.24. The first kappa shape index (κ1) is 23.7. The average Bonchev–Trinajstić information content (AvgIpc) is 2.69. The van der Waals surface area contributed by atoms with Crippen molar-refractivity contribution < 1.29 is 17.9 Å². The number of amides is 1. The quantitative estimate of drug-likeness (QED) is 0.646. The van der Waals surface area contributed by atoms with Crippen LogP contribution in [0.15, 0.2) is 42.5 Å². The Hall–Kier alpha value is -2.54. The van der Waals surface area contributed by atoms with Gasteiger partial charge in [-0.05, 0) is 54.2 Å². The molecule has 0 heterocycles. The van der Waals surface area contributed by atoms with E-state index in [1.807, 2.05) is 44.2 Å². The molecule has 0 unspecified atom stereocenters. The summed E-state index contributed by atoms with van der Waals surface area (Å²) in [5.41, 5.74) is 3.52. The highest BCUT2D eigenvalue weighted by Gasteiger charge is 2.23. The molecule has 7 heteroatoms. The molecule has 2 aromatic rings. The van der Waals surface area contributed by atoms with Gasteiger partial charge < -0.3 is 10.1 Å². The third-order valence-corrected chi connectivity index (χ3v) is 6.24. The zero-order valence-corrected chi connectivity index (χ0v) is 19.4. The van der Waals surface area contributed by atoms with Crippen molar-refractivity contribution in [2.45, 2.75) is 46.1 Å². The van der Waals surface area contributed by atoms with Crippen LogP contribution in [-0.4, -0.2) is 34.2 Å². The molecule has 2 rings (SSSR count). The van der Waals surface area contributed by atoms with Crippen molar-refractivity contribution in [3.8, 4) is 5.75 Å². The fourth-order valence-electron chi connectivity index (χ4n) is 3.34. The monoisotopic (exact) mass is 432 g/mol. The fraction of sp³-hybridized carbons (Fsp3) is 0.435. The van der Waals surface area contributed by atoms with Crippen LogP contribution in [0.3, 0.4) is 0 Å². The molecular formula is C23H32N2O4S. The van der Waals surface area contributed by atoms with Crippen LogP contribution in [0.2, 0.25) is 0 Å². The number of nitrogens with zero attached hydrogens (tertiary/aromatic N) is 1. The minimum atomic E-state index is -3.61. The second-order valence-corrected chi connectivity index (χ2v) is 9.68. The fourth-order valence-corrected chi connectivity index (χ4v) is 4.19. The van der Waals surface area contributed by atoms with E-state index in [1.165, 1.54) is 0 Å². The normalized spacial score (nSPS) is 12.5.